The van der Waals surface area contributed by atoms with Crippen LogP contribution in [0.5, 0.6) is 0 Å². The summed E-state index contributed by atoms with van der Waals surface area (Å²) in [5, 5.41) is 0. The van der Waals surface area contributed by atoms with Gasteiger partial charge in [-0.3, -0.25) is 4.79 Å². The zero-order valence-electron chi connectivity index (χ0n) is 11.4. The Kier molecular flexibility index (Phi) is 4.48. The van der Waals surface area contributed by atoms with Crippen LogP contribution in [0, 0.1) is 5.92 Å². The van der Waals surface area contributed by atoms with Crippen molar-refractivity contribution in [2.24, 2.45) is 5.92 Å². The van der Waals surface area contributed by atoms with Gasteiger partial charge in [0.15, 0.2) is 0 Å². The summed E-state index contributed by atoms with van der Waals surface area (Å²) in [6.45, 7) is 11.4. The first kappa shape index (κ1) is 14.4. The maximum Gasteiger partial charge on any atom is 0.254 e. The van der Waals surface area contributed by atoms with E-state index in [1.54, 1.807) is 0 Å². The smallest absolute Gasteiger partial charge is 0.254 e. The molecule has 1 aromatic rings. The standard InChI is InChI=1S/C14H23NOS/c1-10(2)8-15-12(14(3,4)5)7-6-11(9-17)13(15)16/h6-7,10,17H,8-9H2,1-5H3. The van der Waals surface area contributed by atoms with E-state index >= 15 is 0 Å². The SMILES string of the molecule is CC(C)Cn1c(C(C)(C)C)ccc(CS)c1=O. The second-order valence-corrected chi connectivity index (χ2v) is 6.28. The summed E-state index contributed by atoms with van der Waals surface area (Å²) < 4.78 is 1.91. The molecule has 0 aliphatic carbocycles. The van der Waals surface area contributed by atoms with Crippen LogP contribution in [-0.4, -0.2) is 4.57 Å². The molecule has 0 aliphatic rings. The molecular weight excluding hydrogens is 230 g/mol. The van der Waals surface area contributed by atoms with Gasteiger partial charge in [-0.25, -0.2) is 0 Å². The van der Waals surface area contributed by atoms with Crippen LogP contribution >= 0.6 is 12.6 Å². The van der Waals surface area contributed by atoms with Gasteiger partial charge in [-0.15, -0.1) is 0 Å². The monoisotopic (exact) mass is 253 g/mol. The molecule has 0 unspecified atom stereocenters. The third kappa shape index (κ3) is 3.38. The Morgan fingerprint density at radius 3 is 2.29 bits per heavy atom. The quantitative estimate of drug-likeness (QED) is 0.821. The number of nitrogens with zero attached hydrogens (tertiary/aromatic N) is 1. The average molecular weight is 253 g/mol. The Hall–Kier alpha value is -0.700. The van der Waals surface area contributed by atoms with Crippen LogP contribution < -0.4 is 5.56 Å². The molecule has 0 amide bonds. The fourth-order valence-corrected chi connectivity index (χ4v) is 2.19. The molecule has 0 bridgehead atoms. The summed E-state index contributed by atoms with van der Waals surface area (Å²) >= 11 is 4.21. The van der Waals surface area contributed by atoms with Gasteiger partial charge in [-0.1, -0.05) is 40.7 Å². The van der Waals surface area contributed by atoms with Crippen molar-refractivity contribution in [3.8, 4) is 0 Å². The van der Waals surface area contributed by atoms with Crippen LogP contribution in [0.3, 0.4) is 0 Å². The fraction of sp³-hybridized carbons (Fsp3) is 0.643. The Morgan fingerprint density at radius 1 is 1.29 bits per heavy atom. The van der Waals surface area contributed by atoms with Crippen molar-refractivity contribution in [3.05, 3.63) is 33.7 Å². The molecule has 0 spiro atoms. The maximum atomic E-state index is 12.3. The summed E-state index contributed by atoms with van der Waals surface area (Å²) in [7, 11) is 0. The highest BCUT2D eigenvalue weighted by atomic mass is 32.1. The van der Waals surface area contributed by atoms with Gasteiger partial charge in [0, 0.05) is 29.0 Å². The third-order valence-electron chi connectivity index (χ3n) is 2.74. The second kappa shape index (κ2) is 5.30. The van der Waals surface area contributed by atoms with E-state index in [4.69, 9.17) is 0 Å². The lowest BCUT2D eigenvalue weighted by Crippen LogP contribution is -2.32. The minimum atomic E-state index is -0.0107. The Morgan fingerprint density at radius 2 is 1.88 bits per heavy atom. The summed E-state index contributed by atoms with van der Waals surface area (Å²) in [4.78, 5) is 12.3. The molecule has 1 rings (SSSR count). The number of thiol groups is 1. The Labute approximate surface area is 109 Å². The normalized spacial score (nSPS) is 12.2. The van der Waals surface area contributed by atoms with Crippen molar-refractivity contribution in [2.75, 3.05) is 0 Å². The number of rotatable bonds is 3. The van der Waals surface area contributed by atoms with E-state index in [0.717, 1.165) is 17.8 Å². The van der Waals surface area contributed by atoms with Crippen LogP contribution in [0.25, 0.3) is 0 Å². The Balaban J connectivity index is 3.42. The second-order valence-electron chi connectivity index (χ2n) is 5.96. The van der Waals surface area contributed by atoms with Gasteiger partial charge >= 0.3 is 0 Å². The van der Waals surface area contributed by atoms with E-state index in [-0.39, 0.29) is 11.0 Å². The van der Waals surface area contributed by atoms with E-state index in [2.05, 4.69) is 53.3 Å². The van der Waals surface area contributed by atoms with Crippen LogP contribution in [0.15, 0.2) is 16.9 Å². The zero-order chi connectivity index (χ0) is 13.2. The number of aromatic nitrogens is 1. The van der Waals surface area contributed by atoms with Crippen molar-refractivity contribution in [2.45, 2.75) is 52.3 Å². The Bertz CT molecular complexity index is 441. The number of hydrogen-bond acceptors (Lipinski definition) is 2. The van der Waals surface area contributed by atoms with Crippen molar-refractivity contribution in [1.29, 1.82) is 0 Å². The van der Waals surface area contributed by atoms with E-state index in [1.165, 1.54) is 0 Å². The van der Waals surface area contributed by atoms with Gasteiger partial charge in [0.25, 0.3) is 5.56 Å². The van der Waals surface area contributed by atoms with Crippen molar-refractivity contribution in [3.63, 3.8) is 0 Å². The predicted octanol–water partition coefficient (Wildman–Crippen LogP) is 3.23. The lowest BCUT2D eigenvalue weighted by molar-refractivity contribution is 0.446. The third-order valence-corrected chi connectivity index (χ3v) is 3.08. The fourth-order valence-electron chi connectivity index (χ4n) is 1.95. The molecule has 96 valence electrons. The van der Waals surface area contributed by atoms with Gasteiger partial charge < -0.3 is 4.57 Å². The van der Waals surface area contributed by atoms with Gasteiger partial charge in [0.05, 0.1) is 0 Å². The van der Waals surface area contributed by atoms with Crippen LogP contribution in [0.2, 0.25) is 0 Å². The van der Waals surface area contributed by atoms with Crippen LogP contribution in [0.1, 0.15) is 45.9 Å². The predicted molar refractivity (Wildman–Crippen MR) is 76.9 cm³/mol. The molecule has 0 aromatic carbocycles. The molecule has 0 saturated carbocycles. The van der Waals surface area contributed by atoms with E-state index in [1.807, 2.05) is 10.6 Å². The first-order chi connectivity index (χ1) is 7.77. The lowest BCUT2D eigenvalue weighted by atomic mass is 9.90. The summed E-state index contributed by atoms with van der Waals surface area (Å²) in [6, 6.07) is 3.97. The molecule has 17 heavy (non-hydrogen) atoms. The first-order valence-corrected chi connectivity index (χ1v) is 6.74. The number of pyridine rings is 1. The molecule has 0 radical (unpaired) electrons. The zero-order valence-corrected chi connectivity index (χ0v) is 12.3. The highest BCUT2D eigenvalue weighted by Gasteiger charge is 2.20. The highest BCUT2D eigenvalue weighted by Crippen LogP contribution is 2.22. The molecule has 2 nitrogen and oxygen atoms in total. The topological polar surface area (TPSA) is 22.0 Å². The van der Waals surface area contributed by atoms with E-state index in [9.17, 15) is 4.79 Å². The summed E-state index contributed by atoms with van der Waals surface area (Å²) in [5.41, 5.74) is 1.98. The summed E-state index contributed by atoms with van der Waals surface area (Å²) in [6.07, 6.45) is 0. The van der Waals surface area contributed by atoms with Gasteiger partial charge in [0.2, 0.25) is 0 Å². The number of hydrogen-bond donors (Lipinski definition) is 1. The molecule has 3 heteroatoms. The van der Waals surface area contributed by atoms with Gasteiger partial charge in [0.1, 0.15) is 0 Å². The highest BCUT2D eigenvalue weighted by molar-refractivity contribution is 7.79. The van der Waals surface area contributed by atoms with Crippen molar-refractivity contribution < 1.29 is 0 Å². The molecule has 0 aliphatic heterocycles. The van der Waals surface area contributed by atoms with Crippen molar-refractivity contribution >= 4 is 12.6 Å². The molecule has 1 heterocycles. The average Bonchev–Trinajstić information content (AvgIpc) is 2.18. The van der Waals surface area contributed by atoms with E-state index in [0.29, 0.717) is 11.7 Å². The lowest BCUT2D eigenvalue weighted by Gasteiger charge is -2.25. The molecule has 0 fully saturated rings. The van der Waals surface area contributed by atoms with E-state index < -0.39 is 0 Å². The molecule has 1 aromatic heterocycles. The minimum absolute atomic E-state index is 0.0107. The van der Waals surface area contributed by atoms with Gasteiger partial charge in [-0.2, -0.15) is 12.6 Å². The maximum absolute atomic E-state index is 12.3. The molecule has 0 atom stereocenters. The van der Waals surface area contributed by atoms with Crippen LogP contribution in [-0.2, 0) is 17.7 Å². The summed E-state index contributed by atoms with van der Waals surface area (Å²) in [5.74, 6) is 0.963. The minimum Gasteiger partial charge on any atom is -0.312 e. The van der Waals surface area contributed by atoms with Crippen LogP contribution in [0.4, 0.5) is 0 Å². The molecule has 0 N–H and O–H groups in total. The van der Waals surface area contributed by atoms with Crippen molar-refractivity contribution in [1.82, 2.24) is 4.57 Å². The van der Waals surface area contributed by atoms with Gasteiger partial charge in [-0.05, 0) is 12.0 Å². The largest absolute Gasteiger partial charge is 0.312 e. The molecule has 0 saturated heterocycles. The molecular formula is C14H23NOS. The first-order valence-electron chi connectivity index (χ1n) is 6.11.